The summed E-state index contributed by atoms with van der Waals surface area (Å²) in [6.45, 7) is 0.621. The Kier molecular flexibility index (Phi) is 6.54. The molecule has 1 aromatic heterocycles. The average Bonchev–Trinajstić information content (AvgIpc) is 3.32. The third-order valence-electron chi connectivity index (χ3n) is 4.84. The van der Waals surface area contributed by atoms with Gasteiger partial charge in [-0.25, -0.2) is 4.68 Å². The minimum atomic E-state index is -0.229. The second kappa shape index (κ2) is 9.49. The maximum absolute atomic E-state index is 12.8. The molecule has 3 aromatic rings. The Hall–Kier alpha value is -2.58. The summed E-state index contributed by atoms with van der Waals surface area (Å²) in [5, 5.41) is 10.5. The molecule has 2 N–H and O–H groups in total. The van der Waals surface area contributed by atoms with Crippen LogP contribution >= 0.6 is 27.7 Å². The van der Waals surface area contributed by atoms with E-state index < -0.39 is 0 Å². The van der Waals surface area contributed by atoms with Gasteiger partial charge in [0.2, 0.25) is 5.91 Å². The number of thioether (sulfide) groups is 1. The largest absolute Gasteiger partial charge is 0.354 e. The molecular formula is C22H21BrN4O2S. The molecule has 1 aliphatic rings. The SMILES string of the molecule is O=C(Cn1nc2c(c1NC(=O)c1ccccc1Br)CSC2)NCCc1ccccc1. The van der Waals surface area contributed by atoms with E-state index in [1.54, 1.807) is 22.5 Å². The van der Waals surface area contributed by atoms with Crippen LogP contribution in [0.15, 0.2) is 59.1 Å². The van der Waals surface area contributed by atoms with Gasteiger partial charge in [0, 0.05) is 28.1 Å². The average molecular weight is 485 g/mol. The summed E-state index contributed by atoms with van der Waals surface area (Å²) in [5.74, 6) is 1.81. The molecule has 0 aliphatic carbocycles. The normalized spacial score (nSPS) is 12.4. The number of rotatable bonds is 7. The molecule has 0 bridgehead atoms. The lowest BCUT2D eigenvalue weighted by Crippen LogP contribution is -2.30. The quantitative estimate of drug-likeness (QED) is 0.531. The first kappa shape index (κ1) is 20.7. The summed E-state index contributed by atoms with van der Waals surface area (Å²) in [6.07, 6.45) is 0.768. The van der Waals surface area contributed by atoms with E-state index in [0.717, 1.165) is 33.7 Å². The first-order chi connectivity index (χ1) is 14.6. The van der Waals surface area contributed by atoms with E-state index in [0.29, 0.717) is 17.9 Å². The van der Waals surface area contributed by atoms with Crippen LogP contribution in [0, 0.1) is 0 Å². The van der Waals surface area contributed by atoms with Crippen LogP contribution in [0.1, 0.15) is 27.2 Å². The maximum atomic E-state index is 12.8. The van der Waals surface area contributed by atoms with Crippen LogP contribution in [0.3, 0.4) is 0 Å². The zero-order valence-electron chi connectivity index (χ0n) is 16.2. The summed E-state index contributed by atoms with van der Waals surface area (Å²) < 4.78 is 2.33. The molecule has 6 nitrogen and oxygen atoms in total. The topological polar surface area (TPSA) is 76.0 Å². The number of aromatic nitrogens is 2. The van der Waals surface area contributed by atoms with E-state index in [1.165, 1.54) is 5.56 Å². The molecule has 2 amide bonds. The number of nitrogens with one attached hydrogen (secondary N) is 2. The van der Waals surface area contributed by atoms with Gasteiger partial charge in [0.05, 0.1) is 11.3 Å². The zero-order valence-corrected chi connectivity index (χ0v) is 18.6. The smallest absolute Gasteiger partial charge is 0.257 e. The molecule has 1 aliphatic heterocycles. The van der Waals surface area contributed by atoms with Crippen molar-refractivity contribution in [1.29, 1.82) is 0 Å². The Morgan fingerprint density at radius 1 is 1.07 bits per heavy atom. The molecule has 0 spiro atoms. The highest BCUT2D eigenvalue weighted by Gasteiger charge is 2.25. The van der Waals surface area contributed by atoms with Gasteiger partial charge in [0.25, 0.3) is 5.91 Å². The number of benzene rings is 2. The monoisotopic (exact) mass is 484 g/mol. The van der Waals surface area contributed by atoms with Crippen molar-refractivity contribution in [3.05, 3.63) is 81.5 Å². The summed E-state index contributed by atoms with van der Waals surface area (Å²) in [5.41, 5.74) is 3.64. The highest BCUT2D eigenvalue weighted by molar-refractivity contribution is 9.10. The van der Waals surface area contributed by atoms with Crippen LogP contribution in [-0.4, -0.2) is 28.1 Å². The third-order valence-corrected chi connectivity index (χ3v) is 6.50. The number of carbonyl (C=O) groups excluding carboxylic acids is 2. The van der Waals surface area contributed by atoms with Crippen LogP contribution in [0.4, 0.5) is 5.82 Å². The van der Waals surface area contributed by atoms with Gasteiger partial charge >= 0.3 is 0 Å². The number of hydrogen-bond donors (Lipinski definition) is 2. The van der Waals surface area contributed by atoms with Gasteiger partial charge in [-0.15, -0.1) is 0 Å². The van der Waals surface area contributed by atoms with Crippen molar-refractivity contribution < 1.29 is 9.59 Å². The van der Waals surface area contributed by atoms with Gasteiger partial charge in [-0.3, -0.25) is 9.59 Å². The number of fused-ring (bicyclic) bond motifs is 1. The van der Waals surface area contributed by atoms with E-state index in [4.69, 9.17) is 0 Å². The molecule has 0 radical (unpaired) electrons. The van der Waals surface area contributed by atoms with Crippen molar-refractivity contribution in [2.45, 2.75) is 24.5 Å². The molecular weight excluding hydrogens is 464 g/mol. The molecule has 0 fully saturated rings. The van der Waals surface area contributed by atoms with Crippen LogP contribution in [0.2, 0.25) is 0 Å². The predicted octanol–water partition coefficient (Wildman–Crippen LogP) is 4.00. The van der Waals surface area contributed by atoms with Crippen molar-refractivity contribution in [1.82, 2.24) is 15.1 Å². The van der Waals surface area contributed by atoms with Crippen LogP contribution in [-0.2, 0) is 29.3 Å². The molecule has 0 saturated heterocycles. The predicted molar refractivity (Wildman–Crippen MR) is 122 cm³/mol. The van der Waals surface area contributed by atoms with Gasteiger partial charge in [-0.05, 0) is 40.0 Å². The number of hydrogen-bond acceptors (Lipinski definition) is 4. The first-order valence-electron chi connectivity index (χ1n) is 9.64. The van der Waals surface area contributed by atoms with Gasteiger partial charge in [-0.2, -0.15) is 16.9 Å². The number of anilines is 1. The molecule has 4 rings (SSSR count). The van der Waals surface area contributed by atoms with Crippen LogP contribution < -0.4 is 10.6 Å². The second-order valence-electron chi connectivity index (χ2n) is 6.94. The molecule has 2 heterocycles. The van der Waals surface area contributed by atoms with E-state index in [2.05, 4.69) is 31.7 Å². The summed E-state index contributed by atoms with van der Waals surface area (Å²) in [6, 6.07) is 17.3. The highest BCUT2D eigenvalue weighted by atomic mass is 79.9. The molecule has 0 unspecified atom stereocenters. The van der Waals surface area contributed by atoms with Crippen molar-refractivity contribution in [2.75, 3.05) is 11.9 Å². The molecule has 0 saturated carbocycles. The lowest BCUT2D eigenvalue weighted by atomic mass is 10.1. The molecule has 2 aromatic carbocycles. The van der Waals surface area contributed by atoms with Crippen LogP contribution in [0.5, 0.6) is 0 Å². The van der Waals surface area contributed by atoms with Crippen molar-refractivity contribution in [3.8, 4) is 0 Å². The van der Waals surface area contributed by atoms with Gasteiger partial charge in [0.15, 0.2) is 0 Å². The second-order valence-corrected chi connectivity index (χ2v) is 8.78. The highest BCUT2D eigenvalue weighted by Crippen LogP contribution is 2.35. The van der Waals surface area contributed by atoms with Crippen molar-refractivity contribution in [3.63, 3.8) is 0 Å². The maximum Gasteiger partial charge on any atom is 0.257 e. The third kappa shape index (κ3) is 4.76. The number of carbonyl (C=O) groups is 2. The van der Waals surface area contributed by atoms with Gasteiger partial charge < -0.3 is 10.6 Å². The van der Waals surface area contributed by atoms with Crippen molar-refractivity contribution >= 4 is 45.3 Å². The number of nitrogens with zero attached hydrogens (tertiary/aromatic N) is 2. The lowest BCUT2D eigenvalue weighted by Gasteiger charge is -2.12. The fourth-order valence-electron chi connectivity index (χ4n) is 3.32. The molecule has 30 heavy (non-hydrogen) atoms. The minimum Gasteiger partial charge on any atom is -0.354 e. The van der Waals surface area contributed by atoms with E-state index >= 15 is 0 Å². The van der Waals surface area contributed by atoms with E-state index in [9.17, 15) is 9.59 Å². The Balaban J connectivity index is 1.44. The first-order valence-corrected chi connectivity index (χ1v) is 11.6. The molecule has 0 atom stereocenters. The van der Waals surface area contributed by atoms with Crippen molar-refractivity contribution in [2.24, 2.45) is 0 Å². The van der Waals surface area contributed by atoms with E-state index in [-0.39, 0.29) is 18.4 Å². The number of amides is 2. The zero-order chi connectivity index (χ0) is 20.9. The summed E-state index contributed by atoms with van der Waals surface area (Å²) in [7, 11) is 0. The Morgan fingerprint density at radius 2 is 1.83 bits per heavy atom. The van der Waals surface area contributed by atoms with Gasteiger partial charge in [-0.1, -0.05) is 42.5 Å². The Bertz CT molecular complexity index is 1070. The Morgan fingerprint density at radius 3 is 2.63 bits per heavy atom. The molecule has 154 valence electrons. The summed E-state index contributed by atoms with van der Waals surface area (Å²) in [4.78, 5) is 25.3. The van der Waals surface area contributed by atoms with Gasteiger partial charge in [0.1, 0.15) is 12.4 Å². The fraction of sp³-hybridized carbons (Fsp3) is 0.227. The molecule has 8 heteroatoms. The van der Waals surface area contributed by atoms with Crippen LogP contribution in [0.25, 0.3) is 0 Å². The lowest BCUT2D eigenvalue weighted by molar-refractivity contribution is -0.121. The summed E-state index contributed by atoms with van der Waals surface area (Å²) >= 11 is 5.17. The number of halogens is 1. The minimum absolute atomic E-state index is 0.0675. The van der Waals surface area contributed by atoms with E-state index in [1.807, 2.05) is 48.5 Å². The standard InChI is InChI=1S/C22H21BrN4O2S/c23-18-9-5-4-8-16(18)22(29)25-21-17-13-30-14-19(17)26-27(21)12-20(28)24-11-10-15-6-2-1-3-7-15/h1-9H,10-14H2,(H,24,28)(H,25,29). The Labute approximate surface area is 187 Å². The fourth-order valence-corrected chi connectivity index (χ4v) is 4.82.